The minimum atomic E-state index is -0.794. The number of aliphatic carboxylic acids is 1. The van der Waals surface area contributed by atoms with Crippen molar-refractivity contribution in [2.45, 2.75) is 37.0 Å². The molecule has 2 atom stereocenters. The van der Waals surface area contributed by atoms with Crippen molar-refractivity contribution in [1.29, 1.82) is 0 Å². The molecule has 1 fully saturated rings. The van der Waals surface area contributed by atoms with E-state index >= 15 is 0 Å². The van der Waals surface area contributed by atoms with Crippen molar-refractivity contribution in [3.63, 3.8) is 0 Å². The first-order valence-corrected chi connectivity index (χ1v) is 6.19. The number of carboxylic acid groups (broad SMARTS) is 1. The maximum atomic E-state index is 10.9. The molecule has 0 spiro atoms. The first-order valence-electron chi connectivity index (χ1n) is 5.21. The predicted molar refractivity (Wildman–Crippen MR) is 62.5 cm³/mol. The predicted octanol–water partition coefficient (Wildman–Crippen LogP) is 0.891. The second-order valence-corrected chi connectivity index (χ2v) is 5.61. The SMILES string of the molecule is COC(CC1(C)NC(C(=O)O)CCS1)OC. The highest BCUT2D eigenvalue weighted by molar-refractivity contribution is 8.00. The van der Waals surface area contributed by atoms with Crippen LogP contribution >= 0.6 is 11.8 Å². The summed E-state index contributed by atoms with van der Waals surface area (Å²) in [5.41, 5.74) is 0. The van der Waals surface area contributed by atoms with Crippen LogP contribution in [-0.4, -0.2) is 48.3 Å². The lowest BCUT2D eigenvalue weighted by Crippen LogP contribution is -2.54. The lowest BCUT2D eigenvalue weighted by Gasteiger charge is -2.39. The van der Waals surface area contributed by atoms with Crippen molar-refractivity contribution in [3.05, 3.63) is 0 Å². The van der Waals surface area contributed by atoms with E-state index in [0.717, 1.165) is 5.75 Å². The zero-order valence-corrected chi connectivity index (χ0v) is 10.7. The molecule has 2 unspecified atom stereocenters. The van der Waals surface area contributed by atoms with Gasteiger partial charge in [-0.25, -0.2) is 0 Å². The number of carboxylic acids is 1. The molecule has 1 saturated heterocycles. The molecule has 1 aliphatic heterocycles. The molecule has 16 heavy (non-hydrogen) atoms. The van der Waals surface area contributed by atoms with Crippen molar-refractivity contribution in [3.8, 4) is 0 Å². The van der Waals surface area contributed by atoms with Crippen LogP contribution in [0.5, 0.6) is 0 Å². The van der Waals surface area contributed by atoms with Gasteiger partial charge < -0.3 is 14.6 Å². The van der Waals surface area contributed by atoms with Gasteiger partial charge in [0.1, 0.15) is 6.04 Å². The Hall–Kier alpha value is -0.300. The molecule has 0 radical (unpaired) electrons. The second kappa shape index (κ2) is 5.86. The van der Waals surface area contributed by atoms with Crippen LogP contribution in [-0.2, 0) is 14.3 Å². The third-order valence-electron chi connectivity index (χ3n) is 2.69. The highest BCUT2D eigenvalue weighted by Crippen LogP contribution is 2.33. The zero-order chi connectivity index (χ0) is 12.2. The third-order valence-corrected chi connectivity index (χ3v) is 4.05. The van der Waals surface area contributed by atoms with E-state index in [1.165, 1.54) is 0 Å². The van der Waals surface area contributed by atoms with Gasteiger partial charge in [0.2, 0.25) is 0 Å². The van der Waals surface area contributed by atoms with Gasteiger partial charge in [0.25, 0.3) is 0 Å². The van der Waals surface area contributed by atoms with Crippen molar-refractivity contribution in [2.24, 2.45) is 0 Å². The van der Waals surface area contributed by atoms with Gasteiger partial charge in [-0.1, -0.05) is 0 Å². The van der Waals surface area contributed by atoms with Gasteiger partial charge in [0.15, 0.2) is 6.29 Å². The first-order chi connectivity index (χ1) is 7.50. The fraction of sp³-hybridized carbons (Fsp3) is 0.900. The average Bonchev–Trinajstić information content (AvgIpc) is 2.26. The Labute approximate surface area is 99.9 Å². The van der Waals surface area contributed by atoms with Gasteiger partial charge in [-0.2, -0.15) is 0 Å². The number of hydrogen-bond donors (Lipinski definition) is 2. The number of methoxy groups -OCH3 is 2. The summed E-state index contributed by atoms with van der Waals surface area (Å²) < 4.78 is 10.3. The Kier molecular flexibility index (Phi) is 5.04. The Morgan fingerprint density at radius 1 is 1.62 bits per heavy atom. The zero-order valence-electron chi connectivity index (χ0n) is 9.86. The summed E-state index contributed by atoms with van der Waals surface area (Å²) in [4.78, 5) is 10.6. The minimum absolute atomic E-state index is 0.308. The minimum Gasteiger partial charge on any atom is -0.480 e. The summed E-state index contributed by atoms with van der Waals surface area (Å²) >= 11 is 1.71. The lowest BCUT2D eigenvalue weighted by molar-refractivity contribution is -0.141. The van der Waals surface area contributed by atoms with Crippen LogP contribution in [0.15, 0.2) is 0 Å². The highest BCUT2D eigenvalue weighted by Gasteiger charge is 2.37. The van der Waals surface area contributed by atoms with Crippen LogP contribution in [0.25, 0.3) is 0 Å². The summed E-state index contributed by atoms with van der Waals surface area (Å²) in [5.74, 6) is 0.0403. The van der Waals surface area contributed by atoms with E-state index in [2.05, 4.69) is 5.32 Å². The Balaban J connectivity index is 2.58. The molecule has 94 valence electrons. The second-order valence-electron chi connectivity index (χ2n) is 4.01. The fourth-order valence-electron chi connectivity index (χ4n) is 1.77. The molecule has 5 nitrogen and oxygen atoms in total. The van der Waals surface area contributed by atoms with Gasteiger partial charge in [0, 0.05) is 20.6 Å². The van der Waals surface area contributed by atoms with Crippen molar-refractivity contribution in [2.75, 3.05) is 20.0 Å². The standard InChI is InChI=1S/C10H19NO4S/c1-10(6-8(14-2)15-3)11-7(9(12)13)4-5-16-10/h7-8,11H,4-6H2,1-3H3,(H,12,13). The highest BCUT2D eigenvalue weighted by atomic mass is 32.2. The maximum absolute atomic E-state index is 10.9. The van der Waals surface area contributed by atoms with E-state index in [1.54, 1.807) is 26.0 Å². The van der Waals surface area contributed by atoms with Crippen LogP contribution < -0.4 is 5.32 Å². The molecule has 0 aromatic carbocycles. The normalized spacial score (nSPS) is 30.6. The molecule has 1 aliphatic rings. The number of thioether (sulfide) groups is 1. The number of carbonyl (C=O) groups is 1. The molecule has 0 aromatic rings. The smallest absolute Gasteiger partial charge is 0.320 e. The fourth-order valence-corrected chi connectivity index (χ4v) is 3.05. The van der Waals surface area contributed by atoms with Gasteiger partial charge in [-0.15, -0.1) is 11.8 Å². The topological polar surface area (TPSA) is 67.8 Å². The quantitative estimate of drug-likeness (QED) is 0.705. The summed E-state index contributed by atoms with van der Waals surface area (Å²) in [5, 5.41) is 12.1. The number of rotatable bonds is 5. The Morgan fingerprint density at radius 2 is 2.25 bits per heavy atom. The van der Waals surface area contributed by atoms with Crippen LogP contribution in [0.2, 0.25) is 0 Å². The maximum Gasteiger partial charge on any atom is 0.320 e. The van der Waals surface area contributed by atoms with Gasteiger partial charge >= 0.3 is 5.97 Å². The van der Waals surface area contributed by atoms with E-state index in [4.69, 9.17) is 14.6 Å². The molecular weight excluding hydrogens is 230 g/mol. The molecule has 0 aromatic heterocycles. The molecule has 0 amide bonds. The summed E-state index contributed by atoms with van der Waals surface area (Å²) in [6.07, 6.45) is 0.965. The molecule has 6 heteroatoms. The molecule has 0 aliphatic carbocycles. The Bertz CT molecular complexity index is 247. The molecule has 0 bridgehead atoms. The molecule has 1 rings (SSSR count). The van der Waals surface area contributed by atoms with Gasteiger partial charge in [-0.05, 0) is 19.1 Å². The van der Waals surface area contributed by atoms with E-state index in [-0.39, 0.29) is 11.2 Å². The number of ether oxygens (including phenoxy) is 2. The summed E-state index contributed by atoms with van der Waals surface area (Å²) in [7, 11) is 3.17. The molecule has 1 heterocycles. The summed E-state index contributed by atoms with van der Waals surface area (Å²) in [6, 6.07) is -0.472. The number of nitrogens with one attached hydrogen (secondary N) is 1. The van der Waals surface area contributed by atoms with E-state index in [0.29, 0.717) is 12.8 Å². The first kappa shape index (κ1) is 13.8. The average molecular weight is 249 g/mol. The van der Waals surface area contributed by atoms with Crippen molar-refractivity contribution < 1.29 is 19.4 Å². The summed E-state index contributed by atoms with van der Waals surface area (Å²) in [6.45, 7) is 1.98. The van der Waals surface area contributed by atoms with Crippen LogP contribution in [0, 0.1) is 0 Å². The number of hydrogen-bond acceptors (Lipinski definition) is 5. The van der Waals surface area contributed by atoms with Crippen LogP contribution in [0.1, 0.15) is 19.8 Å². The van der Waals surface area contributed by atoms with E-state index in [9.17, 15) is 4.79 Å². The van der Waals surface area contributed by atoms with E-state index < -0.39 is 12.0 Å². The molecular formula is C10H19NO4S. The van der Waals surface area contributed by atoms with Gasteiger partial charge in [0.05, 0.1) is 4.87 Å². The molecule has 0 saturated carbocycles. The van der Waals surface area contributed by atoms with Crippen LogP contribution in [0.3, 0.4) is 0 Å². The van der Waals surface area contributed by atoms with Crippen molar-refractivity contribution >= 4 is 17.7 Å². The molecule has 2 N–H and O–H groups in total. The van der Waals surface area contributed by atoms with Crippen molar-refractivity contribution in [1.82, 2.24) is 5.32 Å². The lowest BCUT2D eigenvalue weighted by atomic mass is 10.1. The monoisotopic (exact) mass is 249 g/mol. The third kappa shape index (κ3) is 3.62. The Morgan fingerprint density at radius 3 is 2.75 bits per heavy atom. The van der Waals surface area contributed by atoms with Gasteiger partial charge in [-0.3, -0.25) is 10.1 Å². The van der Waals surface area contributed by atoms with E-state index in [1.807, 2.05) is 6.92 Å². The largest absolute Gasteiger partial charge is 0.480 e. The van der Waals surface area contributed by atoms with Crippen LogP contribution in [0.4, 0.5) is 0 Å².